The van der Waals surface area contributed by atoms with Crippen LogP contribution in [0.1, 0.15) is 13.8 Å². The number of terminal acetylenes is 1. The van der Waals surface area contributed by atoms with Gasteiger partial charge in [0.15, 0.2) is 0 Å². The van der Waals surface area contributed by atoms with Gasteiger partial charge in [0.05, 0.1) is 0 Å². The van der Waals surface area contributed by atoms with E-state index in [2.05, 4.69) is 11.0 Å². The Kier molecular flexibility index (Phi) is 1.50. The van der Waals surface area contributed by atoms with Crippen LogP contribution in [0.2, 0.25) is 0 Å². The van der Waals surface area contributed by atoms with E-state index in [0.29, 0.717) is 0 Å². The second kappa shape index (κ2) is 2.18. The first-order valence-corrected chi connectivity index (χ1v) is 3.15. The number of hydrogen-bond acceptors (Lipinski definition) is 1. The largest absolute Gasteiger partial charge is 0.255 e. The third-order valence-corrected chi connectivity index (χ3v) is 1.43. The van der Waals surface area contributed by atoms with Crippen molar-refractivity contribution in [3.63, 3.8) is 0 Å². The van der Waals surface area contributed by atoms with Gasteiger partial charge >= 0.3 is 0 Å². The highest BCUT2D eigenvalue weighted by Gasteiger charge is 2.15. The van der Waals surface area contributed by atoms with Gasteiger partial charge in [0.25, 0.3) is 0 Å². The maximum Gasteiger partial charge on any atom is 0.117 e. The Morgan fingerprint density at radius 2 is 2.30 bits per heavy atom. The smallest absolute Gasteiger partial charge is 0.117 e. The van der Waals surface area contributed by atoms with E-state index in [0.717, 1.165) is 0 Å². The third-order valence-electron chi connectivity index (χ3n) is 1.43. The Balaban J connectivity index is 2.99. The fraction of sp³-hybridized carbons (Fsp3) is 0.375. The lowest BCUT2D eigenvalue weighted by Gasteiger charge is -2.17. The fourth-order valence-corrected chi connectivity index (χ4v) is 0.666. The van der Waals surface area contributed by atoms with Gasteiger partial charge in [-0.05, 0) is 19.9 Å². The van der Waals surface area contributed by atoms with Gasteiger partial charge < -0.3 is 0 Å². The molecule has 0 fully saturated rings. The summed E-state index contributed by atoms with van der Waals surface area (Å²) in [5, 5.41) is 4.03. The van der Waals surface area contributed by atoms with Gasteiger partial charge in [-0.25, -0.2) is 0 Å². The number of nitrogens with zero attached hydrogens (tertiary/aromatic N) is 2. The molecular formula is C8H10N2. The van der Waals surface area contributed by atoms with Crippen LogP contribution < -0.4 is 0 Å². The molecule has 0 aromatic carbocycles. The highest BCUT2D eigenvalue weighted by Crippen LogP contribution is 2.10. The molecule has 0 saturated carbocycles. The molecule has 2 nitrogen and oxygen atoms in total. The number of aromatic nitrogens is 2. The topological polar surface area (TPSA) is 17.8 Å². The molecule has 0 N–H and O–H groups in total. The van der Waals surface area contributed by atoms with Crippen LogP contribution in [0.5, 0.6) is 0 Å². The van der Waals surface area contributed by atoms with Crippen molar-refractivity contribution in [2.45, 2.75) is 19.4 Å². The fourth-order valence-electron chi connectivity index (χ4n) is 0.666. The molecule has 1 aromatic rings. The molecular weight excluding hydrogens is 124 g/mol. The molecule has 0 unspecified atom stereocenters. The zero-order valence-corrected chi connectivity index (χ0v) is 6.20. The van der Waals surface area contributed by atoms with Gasteiger partial charge in [0, 0.05) is 12.4 Å². The van der Waals surface area contributed by atoms with Crippen molar-refractivity contribution < 1.29 is 0 Å². The van der Waals surface area contributed by atoms with E-state index in [-0.39, 0.29) is 5.54 Å². The molecule has 1 rings (SSSR count). The molecule has 0 spiro atoms. The van der Waals surface area contributed by atoms with Crippen LogP contribution >= 0.6 is 0 Å². The van der Waals surface area contributed by atoms with Gasteiger partial charge in [-0.1, -0.05) is 5.92 Å². The van der Waals surface area contributed by atoms with E-state index >= 15 is 0 Å². The van der Waals surface area contributed by atoms with Gasteiger partial charge in [-0.3, -0.25) is 4.68 Å². The maximum atomic E-state index is 5.29. The van der Waals surface area contributed by atoms with Crippen LogP contribution in [-0.4, -0.2) is 9.78 Å². The van der Waals surface area contributed by atoms with Gasteiger partial charge in [0.2, 0.25) is 0 Å². The van der Waals surface area contributed by atoms with Crippen LogP contribution in [0.4, 0.5) is 0 Å². The molecule has 0 atom stereocenters. The number of hydrogen-bond donors (Lipinski definition) is 0. The van der Waals surface area contributed by atoms with E-state index in [4.69, 9.17) is 6.42 Å². The van der Waals surface area contributed by atoms with E-state index in [1.165, 1.54) is 0 Å². The van der Waals surface area contributed by atoms with Crippen molar-refractivity contribution in [1.82, 2.24) is 9.78 Å². The zero-order valence-electron chi connectivity index (χ0n) is 6.20. The van der Waals surface area contributed by atoms with E-state index in [1.54, 1.807) is 10.9 Å². The van der Waals surface area contributed by atoms with E-state index in [9.17, 15) is 0 Å². The Morgan fingerprint density at radius 1 is 1.60 bits per heavy atom. The second-order valence-electron chi connectivity index (χ2n) is 2.65. The Labute approximate surface area is 60.9 Å². The highest BCUT2D eigenvalue weighted by molar-refractivity contribution is 5.05. The Morgan fingerprint density at radius 3 is 2.70 bits per heavy atom. The molecule has 0 aliphatic carbocycles. The summed E-state index contributed by atoms with van der Waals surface area (Å²) in [7, 11) is 0. The molecule has 1 heterocycles. The minimum atomic E-state index is -0.302. The van der Waals surface area contributed by atoms with E-state index in [1.807, 2.05) is 26.1 Å². The molecule has 0 aliphatic rings. The summed E-state index contributed by atoms with van der Waals surface area (Å²) in [4.78, 5) is 0. The van der Waals surface area contributed by atoms with Crippen molar-refractivity contribution in [3.8, 4) is 12.3 Å². The summed E-state index contributed by atoms with van der Waals surface area (Å²) in [5.74, 6) is 2.64. The predicted molar refractivity (Wildman–Crippen MR) is 40.4 cm³/mol. The summed E-state index contributed by atoms with van der Waals surface area (Å²) in [6.45, 7) is 3.89. The molecule has 52 valence electrons. The lowest BCUT2D eigenvalue weighted by molar-refractivity contribution is 0.424. The summed E-state index contributed by atoms with van der Waals surface area (Å²) in [5.41, 5.74) is -0.302. The lowest BCUT2D eigenvalue weighted by Crippen LogP contribution is -2.24. The Bertz CT molecular complexity index is 239. The minimum absolute atomic E-state index is 0.302. The monoisotopic (exact) mass is 134 g/mol. The SMILES string of the molecule is C#CC(C)(C)n1cccn1. The molecule has 10 heavy (non-hydrogen) atoms. The second-order valence-corrected chi connectivity index (χ2v) is 2.65. The van der Waals surface area contributed by atoms with Crippen molar-refractivity contribution in [1.29, 1.82) is 0 Å². The maximum absolute atomic E-state index is 5.29. The van der Waals surface area contributed by atoms with E-state index < -0.39 is 0 Å². The summed E-state index contributed by atoms with van der Waals surface area (Å²) >= 11 is 0. The van der Waals surface area contributed by atoms with Gasteiger partial charge in [-0.2, -0.15) is 5.10 Å². The average Bonchev–Trinajstić information content (AvgIpc) is 2.38. The van der Waals surface area contributed by atoms with Crippen molar-refractivity contribution >= 4 is 0 Å². The Hall–Kier alpha value is -1.23. The average molecular weight is 134 g/mol. The molecule has 1 aromatic heterocycles. The molecule has 2 heteroatoms. The molecule has 0 bridgehead atoms. The first kappa shape index (κ1) is 6.88. The zero-order chi connectivity index (χ0) is 7.61. The molecule has 0 amide bonds. The van der Waals surface area contributed by atoms with Crippen molar-refractivity contribution in [2.75, 3.05) is 0 Å². The van der Waals surface area contributed by atoms with Gasteiger partial charge in [-0.15, -0.1) is 6.42 Å². The first-order valence-electron chi connectivity index (χ1n) is 3.15. The van der Waals surface area contributed by atoms with Gasteiger partial charge in [0.1, 0.15) is 5.54 Å². The summed E-state index contributed by atoms with van der Waals surface area (Å²) in [6, 6.07) is 1.86. The predicted octanol–water partition coefficient (Wildman–Crippen LogP) is 1.25. The lowest BCUT2D eigenvalue weighted by atomic mass is 10.1. The normalized spacial score (nSPS) is 10.9. The van der Waals surface area contributed by atoms with Crippen LogP contribution in [0.25, 0.3) is 0 Å². The number of rotatable bonds is 1. The first-order chi connectivity index (χ1) is 4.67. The molecule has 0 radical (unpaired) electrons. The van der Waals surface area contributed by atoms with Crippen molar-refractivity contribution in [2.24, 2.45) is 0 Å². The van der Waals surface area contributed by atoms with Crippen LogP contribution in [0, 0.1) is 12.3 Å². The molecule has 0 aliphatic heterocycles. The summed E-state index contributed by atoms with van der Waals surface area (Å²) in [6.07, 6.45) is 8.87. The van der Waals surface area contributed by atoms with Crippen LogP contribution in [-0.2, 0) is 5.54 Å². The molecule has 0 saturated heterocycles. The standard InChI is InChI=1S/C8H10N2/c1-4-8(2,3)10-7-5-6-9-10/h1,5-7H,2-3H3. The van der Waals surface area contributed by atoms with Crippen LogP contribution in [0.3, 0.4) is 0 Å². The van der Waals surface area contributed by atoms with Crippen LogP contribution in [0.15, 0.2) is 18.5 Å². The third kappa shape index (κ3) is 1.03. The summed E-state index contributed by atoms with van der Waals surface area (Å²) < 4.78 is 1.76. The highest BCUT2D eigenvalue weighted by atomic mass is 15.3. The minimum Gasteiger partial charge on any atom is -0.255 e. The van der Waals surface area contributed by atoms with Crippen molar-refractivity contribution in [3.05, 3.63) is 18.5 Å². The quantitative estimate of drug-likeness (QED) is 0.528.